The lowest BCUT2D eigenvalue weighted by molar-refractivity contribution is 0.524. The number of rotatable bonds is 2. The van der Waals surface area contributed by atoms with Gasteiger partial charge >= 0.3 is 0 Å². The summed E-state index contributed by atoms with van der Waals surface area (Å²) in [5.74, 6) is 1.13. The number of hydrogen-bond donors (Lipinski definition) is 0. The molecule has 4 rings (SSSR count). The Labute approximate surface area is 140 Å². The minimum atomic E-state index is -0.307. The van der Waals surface area contributed by atoms with E-state index in [0.29, 0.717) is 34.1 Å². The van der Waals surface area contributed by atoms with Gasteiger partial charge in [0.1, 0.15) is 30.7 Å². The number of fused-ring (bicyclic) bond motifs is 1. The molecule has 0 aliphatic carbocycles. The molecule has 0 saturated carbocycles. The van der Waals surface area contributed by atoms with Gasteiger partial charge in [-0.15, -0.1) is 0 Å². The van der Waals surface area contributed by atoms with Crippen LogP contribution in [0.3, 0.4) is 0 Å². The summed E-state index contributed by atoms with van der Waals surface area (Å²) < 4.78 is 21.1. The van der Waals surface area contributed by atoms with Crippen molar-refractivity contribution in [1.82, 2.24) is 4.57 Å². The third kappa shape index (κ3) is 2.67. The normalized spacial score (nSPS) is 14.6. The van der Waals surface area contributed by atoms with Crippen molar-refractivity contribution in [3.8, 4) is 0 Å². The predicted octanol–water partition coefficient (Wildman–Crippen LogP) is 1.83. The Morgan fingerprint density at radius 1 is 1.33 bits per heavy atom. The molecule has 24 heavy (non-hydrogen) atoms. The van der Waals surface area contributed by atoms with E-state index in [-0.39, 0.29) is 11.4 Å². The van der Waals surface area contributed by atoms with E-state index < -0.39 is 0 Å². The van der Waals surface area contributed by atoms with E-state index in [0.717, 1.165) is 5.76 Å². The Hall–Kier alpha value is -2.67. The maximum Gasteiger partial charge on any atom is 0.271 e. The Kier molecular flexibility index (Phi) is 3.57. The Balaban J connectivity index is 1.73. The van der Waals surface area contributed by atoms with Crippen LogP contribution in [0.2, 0.25) is 0 Å². The highest BCUT2D eigenvalue weighted by Crippen LogP contribution is 2.16. The SMILES string of the molecule is Cc1ccc(/C=c2/sc3n(c2=O)CN(c2cccc(F)c2)CN=3)o1. The van der Waals surface area contributed by atoms with Crippen LogP contribution in [-0.4, -0.2) is 11.2 Å². The first-order chi connectivity index (χ1) is 11.6. The monoisotopic (exact) mass is 343 g/mol. The molecule has 0 radical (unpaired) electrons. The summed E-state index contributed by atoms with van der Waals surface area (Å²) in [6.45, 7) is 2.60. The molecule has 0 unspecified atom stereocenters. The minimum Gasteiger partial charge on any atom is -0.462 e. The quantitative estimate of drug-likeness (QED) is 0.713. The highest BCUT2D eigenvalue weighted by Gasteiger charge is 2.16. The first-order valence-corrected chi connectivity index (χ1v) is 8.24. The number of aryl methyl sites for hydroxylation is 1. The van der Waals surface area contributed by atoms with Gasteiger partial charge in [0.05, 0.1) is 4.53 Å². The lowest BCUT2D eigenvalue weighted by Gasteiger charge is -2.25. The average Bonchev–Trinajstić information content (AvgIpc) is 3.11. The summed E-state index contributed by atoms with van der Waals surface area (Å²) in [4.78, 5) is 19.6. The zero-order valence-electron chi connectivity index (χ0n) is 12.9. The summed E-state index contributed by atoms with van der Waals surface area (Å²) >= 11 is 1.33. The number of halogens is 1. The molecular weight excluding hydrogens is 329 g/mol. The van der Waals surface area contributed by atoms with Crippen molar-refractivity contribution in [3.05, 3.63) is 73.4 Å². The lowest BCUT2D eigenvalue weighted by atomic mass is 10.3. The van der Waals surface area contributed by atoms with Crippen LogP contribution in [-0.2, 0) is 6.67 Å². The summed E-state index contributed by atoms with van der Waals surface area (Å²) in [6, 6.07) is 9.97. The number of anilines is 1. The topological polar surface area (TPSA) is 50.7 Å². The molecule has 5 nitrogen and oxygen atoms in total. The highest BCUT2D eigenvalue weighted by atomic mass is 32.1. The largest absolute Gasteiger partial charge is 0.462 e. The number of aromatic nitrogens is 1. The fourth-order valence-corrected chi connectivity index (χ4v) is 3.55. The molecule has 0 bridgehead atoms. The van der Waals surface area contributed by atoms with Crippen molar-refractivity contribution in [1.29, 1.82) is 0 Å². The smallest absolute Gasteiger partial charge is 0.271 e. The number of benzene rings is 1. The molecule has 122 valence electrons. The van der Waals surface area contributed by atoms with Crippen LogP contribution in [0.1, 0.15) is 11.5 Å². The van der Waals surface area contributed by atoms with Crippen LogP contribution in [0, 0.1) is 12.7 Å². The summed E-state index contributed by atoms with van der Waals surface area (Å²) in [5, 5.41) is 0. The van der Waals surface area contributed by atoms with E-state index in [9.17, 15) is 9.18 Å². The standard InChI is InChI=1S/C17H14FN3O2S/c1-11-5-6-14(23-11)8-15-16(22)21-10-20(9-19-17(21)24-15)13-4-2-3-12(18)7-13/h2-8H,9-10H2,1H3/b15-8+. The number of nitrogens with zero attached hydrogens (tertiary/aromatic N) is 3. The zero-order valence-corrected chi connectivity index (χ0v) is 13.7. The molecule has 0 saturated heterocycles. The molecule has 3 heterocycles. The second-order valence-electron chi connectivity index (χ2n) is 5.54. The summed E-state index contributed by atoms with van der Waals surface area (Å²) in [6.07, 6.45) is 1.73. The Morgan fingerprint density at radius 2 is 2.21 bits per heavy atom. The molecular formula is C17H14FN3O2S. The van der Waals surface area contributed by atoms with E-state index in [4.69, 9.17) is 4.42 Å². The number of thiazole rings is 1. The third-order valence-corrected chi connectivity index (χ3v) is 4.83. The molecule has 0 spiro atoms. The van der Waals surface area contributed by atoms with Gasteiger partial charge in [-0.3, -0.25) is 9.36 Å². The fraction of sp³-hybridized carbons (Fsp3) is 0.176. The highest BCUT2D eigenvalue weighted by molar-refractivity contribution is 7.07. The van der Waals surface area contributed by atoms with Crippen molar-refractivity contribution < 1.29 is 8.81 Å². The number of furan rings is 1. The van der Waals surface area contributed by atoms with Crippen LogP contribution in [0.4, 0.5) is 10.1 Å². The van der Waals surface area contributed by atoms with E-state index in [1.54, 1.807) is 22.8 Å². The molecule has 1 aliphatic heterocycles. The van der Waals surface area contributed by atoms with Crippen molar-refractivity contribution in [3.63, 3.8) is 0 Å². The first kappa shape index (κ1) is 14.9. The van der Waals surface area contributed by atoms with Crippen LogP contribution in [0.25, 0.3) is 6.08 Å². The predicted molar refractivity (Wildman–Crippen MR) is 90.1 cm³/mol. The van der Waals surface area contributed by atoms with Gasteiger partial charge in [-0.05, 0) is 37.3 Å². The van der Waals surface area contributed by atoms with Crippen molar-refractivity contribution in [2.24, 2.45) is 4.99 Å². The van der Waals surface area contributed by atoms with Gasteiger partial charge in [0, 0.05) is 11.8 Å². The molecule has 1 aliphatic rings. The minimum absolute atomic E-state index is 0.117. The molecule has 7 heteroatoms. The maximum absolute atomic E-state index is 13.4. The van der Waals surface area contributed by atoms with E-state index >= 15 is 0 Å². The molecule has 0 atom stereocenters. The summed E-state index contributed by atoms with van der Waals surface area (Å²) in [5.41, 5.74) is 0.587. The molecule has 0 fully saturated rings. The third-order valence-electron chi connectivity index (χ3n) is 3.78. The van der Waals surface area contributed by atoms with E-state index in [2.05, 4.69) is 4.99 Å². The van der Waals surface area contributed by atoms with Crippen molar-refractivity contribution in [2.45, 2.75) is 13.6 Å². The van der Waals surface area contributed by atoms with Crippen LogP contribution in [0.15, 0.2) is 50.6 Å². The molecule has 2 aromatic heterocycles. The van der Waals surface area contributed by atoms with Gasteiger partial charge in [0.25, 0.3) is 5.56 Å². The van der Waals surface area contributed by atoms with E-state index in [1.807, 2.05) is 24.0 Å². The maximum atomic E-state index is 13.4. The molecule has 0 N–H and O–H groups in total. The van der Waals surface area contributed by atoms with Gasteiger partial charge in [-0.25, -0.2) is 9.38 Å². The summed E-state index contributed by atoms with van der Waals surface area (Å²) in [7, 11) is 0. The van der Waals surface area contributed by atoms with Crippen LogP contribution in [0.5, 0.6) is 0 Å². The Morgan fingerprint density at radius 3 is 2.96 bits per heavy atom. The van der Waals surface area contributed by atoms with Gasteiger partial charge in [-0.1, -0.05) is 17.4 Å². The zero-order chi connectivity index (χ0) is 16.7. The molecule has 1 aromatic carbocycles. The van der Waals surface area contributed by atoms with Crippen LogP contribution >= 0.6 is 11.3 Å². The van der Waals surface area contributed by atoms with Gasteiger partial charge in [-0.2, -0.15) is 0 Å². The number of hydrogen-bond acceptors (Lipinski definition) is 5. The second kappa shape index (κ2) is 5.76. The van der Waals surface area contributed by atoms with Crippen molar-refractivity contribution >= 4 is 23.1 Å². The van der Waals surface area contributed by atoms with Gasteiger partial charge in [0.2, 0.25) is 0 Å². The van der Waals surface area contributed by atoms with Crippen LogP contribution < -0.4 is 19.8 Å². The first-order valence-electron chi connectivity index (χ1n) is 7.43. The average molecular weight is 343 g/mol. The van der Waals surface area contributed by atoms with Crippen molar-refractivity contribution in [2.75, 3.05) is 11.6 Å². The van der Waals surface area contributed by atoms with E-state index in [1.165, 1.54) is 23.5 Å². The second-order valence-corrected chi connectivity index (χ2v) is 6.54. The molecule has 3 aromatic rings. The Bertz CT molecular complexity index is 1080. The molecule has 0 amide bonds. The van der Waals surface area contributed by atoms with Gasteiger partial charge in [0.15, 0.2) is 4.80 Å². The lowest BCUT2D eigenvalue weighted by Crippen LogP contribution is -2.42. The fourth-order valence-electron chi connectivity index (χ4n) is 2.61. The van der Waals surface area contributed by atoms with Gasteiger partial charge < -0.3 is 9.32 Å².